The molecule has 1 N–H and O–H groups in total. The molecule has 0 spiro atoms. The number of thioether (sulfide) groups is 1. The number of aryl methyl sites for hydroxylation is 1. The summed E-state index contributed by atoms with van der Waals surface area (Å²) in [7, 11) is 0. The summed E-state index contributed by atoms with van der Waals surface area (Å²) in [4.78, 5) is 13.3. The fourth-order valence-corrected chi connectivity index (χ4v) is 3.11. The van der Waals surface area contributed by atoms with Gasteiger partial charge in [-0.25, -0.2) is 0 Å². The van der Waals surface area contributed by atoms with Gasteiger partial charge in [0.15, 0.2) is 0 Å². The molecule has 0 aromatic heterocycles. The molecule has 1 amide bonds. The number of ether oxygens (including phenoxy) is 1. The molecule has 0 saturated carbocycles. The summed E-state index contributed by atoms with van der Waals surface area (Å²) in [6, 6.07) is 15.3. The lowest BCUT2D eigenvalue weighted by Gasteiger charge is -2.18. The van der Waals surface area contributed by atoms with E-state index in [2.05, 4.69) is 5.32 Å². The van der Waals surface area contributed by atoms with Crippen molar-refractivity contribution in [3.63, 3.8) is 0 Å². The van der Waals surface area contributed by atoms with E-state index in [0.29, 0.717) is 11.6 Å². The number of carbonyl (C=O) groups is 1. The first-order chi connectivity index (χ1) is 11.5. The van der Waals surface area contributed by atoms with Crippen LogP contribution in [0, 0.1) is 6.92 Å². The van der Waals surface area contributed by atoms with Gasteiger partial charge >= 0.3 is 0 Å². The molecule has 2 rings (SSSR count). The molecule has 0 aliphatic carbocycles. The van der Waals surface area contributed by atoms with Crippen LogP contribution < -0.4 is 10.1 Å². The Kier molecular flexibility index (Phi) is 7.00. The van der Waals surface area contributed by atoms with E-state index in [4.69, 9.17) is 16.3 Å². The predicted octanol–water partition coefficient (Wildman–Crippen LogP) is 4.71. The monoisotopic (exact) mass is 363 g/mol. The first-order valence-electron chi connectivity index (χ1n) is 7.86. The quantitative estimate of drug-likeness (QED) is 0.724. The van der Waals surface area contributed by atoms with Gasteiger partial charge in [0.1, 0.15) is 12.4 Å². The Morgan fingerprint density at radius 2 is 1.83 bits per heavy atom. The van der Waals surface area contributed by atoms with Crippen molar-refractivity contribution < 1.29 is 9.53 Å². The maximum absolute atomic E-state index is 12.3. The van der Waals surface area contributed by atoms with Gasteiger partial charge in [0, 0.05) is 9.92 Å². The van der Waals surface area contributed by atoms with Crippen molar-refractivity contribution in [2.45, 2.75) is 37.0 Å². The SMILES string of the molecule is Cc1ccccc1OCC(C)NC(=O)C(C)Sc1ccc(Cl)cc1. The summed E-state index contributed by atoms with van der Waals surface area (Å²) in [5.74, 6) is 0.845. The van der Waals surface area contributed by atoms with Crippen molar-refractivity contribution in [2.75, 3.05) is 6.61 Å². The Labute approximate surface area is 152 Å². The van der Waals surface area contributed by atoms with Crippen molar-refractivity contribution in [1.82, 2.24) is 5.32 Å². The number of para-hydroxylation sites is 1. The third-order valence-electron chi connectivity index (χ3n) is 3.47. The van der Waals surface area contributed by atoms with Crippen LogP contribution in [-0.2, 0) is 4.79 Å². The molecule has 0 aliphatic heterocycles. The minimum Gasteiger partial charge on any atom is -0.491 e. The molecule has 0 fully saturated rings. The van der Waals surface area contributed by atoms with Gasteiger partial charge < -0.3 is 10.1 Å². The lowest BCUT2D eigenvalue weighted by atomic mass is 10.2. The second-order valence-corrected chi connectivity index (χ2v) is 7.55. The van der Waals surface area contributed by atoms with Crippen molar-refractivity contribution in [2.24, 2.45) is 0 Å². The highest BCUT2D eigenvalue weighted by molar-refractivity contribution is 8.00. The van der Waals surface area contributed by atoms with E-state index in [1.807, 2.05) is 69.3 Å². The maximum atomic E-state index is 12.3. The molecule has 0 heterocycles. The number of nitrogens with one attached hydrogen (secondary N) is 1. The fourth-order valence-electron chi connectivity index (χ4n) is 2.11. The molecule has 0 saturated heterocycles. The number of hydrogen-bond acceptors (Lipinski definition) is 3. The largest absolute Gasteiger partial charge is 0.491 e. The molecule has 24 heavy (non-hydrogen) atoms. The Hall–Kier alpha value is -1.65. The standard InChI is InChI=1S/C19H22ClNO2S/c1-13-6-4-5-7-18(13)23-12-14(2)21-19(22)15(3)24-17-10-8-16(20)9-11-17/h4-11,14-15H,12H2,1-3H3,(H,21,22). The lowest BCUT2D eigenvalue weighted by Crippen LogP contribution is -2.40. The zero-order chi connectivity index (χ0) is 17.5. The Morgan fingerprint density at radius 3 is 2.50 bits per heavy atom. The van der Waals surface area contributed by atoms with E-state index in [9.17, 15) is 4.79 Å². The smallest absolute Gasteiger partial charge is 0.233 e. The van der Waals surface area contributed by atoms with E-state index >= 15 is 0 Å². The summed E-state index contributed by atoms with van der Waals surface area (Å²) in [5.41, 5.74) is 1.09. The third kappa shape index (κ3) is 5.77. The van der Waals surface area contributed by atoms with Gasteiger partial charge in [-0.1, -0.05) is 29.8 Å². The van der Waals surface area contributed by atoms with Gasteiger partial charge in [0.05, 0.1) is 11.3 Å². The molecule has 0 bridgehead atoms. The van der Waals surface area contributed by atoms with Crippen molar-refractivity contribution >= 4 is 29.3 Å². The third-order valence-corrected chi connectivity index (χ3v) is 4.83. The molecule has 2 unspecified atom stereocenters. The summed E-state index contributed by atoms with van der Waals surface area (Å²) < 4.78 is 5.77. The van der Waals surface area contributed by atoms with Crippen LogP contribution in [0.2, 0.25) is 5.02 Å². The van der Waals surface area contributed by atoms with E-state index in [-0.39, 0.29) is 17.2 Å². The second kappa shape index (κ2) is 9.00. The van der Waals surface area contributed by atoms with Crippen LogP contribution in [0.3, 0.4) is 0 Å². The van der Waals surface area contributed by atoms with E-state index in [0.717, 1.165) is 16.2 Å². The molecule has 5 heteroatoms. The lowest BCUT2D eigenvalue weighted by molar-refractivity contribution is -0.121. The van der Waals surface area contributed by atoms with Crippen LogP contribution in [0.1, 0.15) is 19.4 Å². The number of rotatable bonds is 7. The van der Waals surface area contributed by atoms with Crippen molar-refractivity contribution in [3.8, 4) is 5.75 Å². The zero-order valence-corrected chi connectivity index (χ0v) is 15.7. The van der Waals surface area contributed by atoms with Crippen LogP contribution in [-0.4, -0.2) is 23.8 Å². The average Bonchev–Trinajstić information content (AvgIpc) is 2.56. The summed E-state index contributed by atoms with van der Waals surface area (Å²) in [6.07, 6.45) is 0. The number of hydrogen-bond donors (Lipinski definition) is 1. The number of carbonyl (C=O) groups excluding carboxylic acids is 1. The van der Waals surface area contributed by atoms with Gasteiger partial charge in [-0.15, -0.1) is 11.8 Å². The molecule has 3 nitrogen and oxygen atoms in total. The molecule has 2 aromatic carbocycles. The summed E-state index contributed by atoms with van der Waals surface area (Å²) >= 11 is 7.38. The molecular formula is C19H22ClNO2S. The van der Waals surface area contributed by atoms with Gasteiger partial charge in [0.25, 0.3) is 0 Å². The van der Waals surface area contributed by atoms with Crippen LogP contribution in [0.4, 0.5) is 0 Å². The van der Waals surface area contributed by atoms with Gasteiger partial charge in [-0.2, -0.15) is 0 Å². The average molecular weight is 364 g/mol. The second-order valence-electron chi connectivity index (χ2n) is 5.70. The van der Waals surface area contributed by atoms with Crippen LogP contribution in [0.15, 0.2) is 53.4 Å². The zero-order valence-electron chi connectivity index (χ0n) is 14.1. The Bertz CT molecular complexity index is 675. The van der Waals surface area contributed by atoms with Crippen LogP contribution >= 0.6 is 23.4 Å². The summed E-state index contributed by atoms with van der Waals surface area (Å²) in [6.45, 7) is 6.28. The predicted molar refractivity (Wildman–Crippen MR) is 101 cm³/mol. The van der Waals surface area contributed by atoms with Crippen LogP contribution in [0.5, 0.6) is 5.75 Å². The molecule has 0 aliphatic rings. The topological polar surface area (TPSA) is 38.3 Å². The highest BCUT2D eigenvalue weighted by atomic mass is 35.5. The fraction of sp³-hybridized carbons (Fsp3) is 0.316. The molecule has 2 atom stereocenters. The Morgan fingerprint density at radius 1 is 1.17 bits per heavy atom. The highest BCUT2D eigenvalue weighted by Crippen LogP contribution is 2.24. The first kappa shape index (κ1) is 18.7. The number of amides is 1. The maximum Gasteiger partial charge on any atom is 0.233 e. The first-order valence-corrected chi connectivity index (χ1v) is 9.12. The van der Waals surface area contributed by atoms with E-state index in [1.54, 1.807) is 0 Å². The number of benzene rings is 2. The van der Waals surface area contributed by atoms with Gasteiger partial charge in [0.2, 0.25) is 5.91 Å². The molecular weight excluding hydrogens is 342 g/mol. The molecule has 2 aromatic rings. The number of halogens is 1. The minimum atomic E-state index is -0.188. The van der Waals surface area contributed by atoms with Crippen molar-refractivity contribution in [1.29, 1.82) is 0 Å². The highest BCUT2D eigenvalue weighted by Gasteiger charge is 2.17. The minimum absolute atomic E-state index is 0.00386. The van der Waals surface area contributed by atoms with Gasteiger partial charge in [-0.05, 0) is 56.7 Å². The van der Waals surface area contributed by atoms with Crippen molar-refractivity contribution in [3.05, 3.63) is 59.1 Å². The van der Waals surface area contributed by atoms with Gasteiger partial charge in [-0.3, -0.25) is 4.79 Å². The van der Waals surface area contributed by atoms with E-state index < -0.39 is 0 Å². The van der Waals surface area contributed by atoms with E-state index in [1.165, 1.54) is 11.8 Å². The Balaban J connectivity index is 1.80. The molecule has 0 radical (unpaired) electrons. The summed E-state index contributed by atoms with van der Waals surface area (Å²) in [5, 5.41) is 3.50. The van der Waals surface area contributed by atoms with Crippen LogP contribution in [0.25, 0.3) is 0 Å². The normalized spacial score (nSPS) is 13.2. The molecule has 128 valence electrons.